The fourth-order valence-corrected chi connectivity index (χ4v) is 5.06. The molecule has 1 amide bonds. The number of rotatable bonds is 4. The van der Waals surface area contributed by atoms with E-state index in [9.17, 15) is 13.2 Å². The smallest absolute Gasteiger partial charge is 0.269 e. The third-order valence-corrected chi connectivity index (χ3v) is 6.80. The fourth-order valence-electron chi connectivity index (χ4n) is 3.53. The van der Waals surface area contributed by atoms with Gasteiger partial charge in [-0.15, -0.1) is 0 Å². The van der Waals surface area contributed by atoms with Crippen molar-refractivity contribution >= 4 is 15.9 Å². The Hall–Kier alpha value is -3.00. The second kappa shape index (κ2) is 5.75. The maximum atomic E-state index is 12.6. The number of benzene rings is 2. The van der Waals surface area contributed by atoms with E-state index in [1.807, 2.05) is 18.2 Å². The Balaban J connectivity index is 1.36. The molecule has 0 N–H and O–H groups in total. The molecule has 2 atom stereocenters. The van der Waals surface area contributed by atoms with Gasteiger partial charge in [0.2, 0.25) is 5.89 Å². The van der Waals surface area contributed by atoms with Gasteiger partial charge in [-0.05, 0) is 30.0 Å². The van der Waals surface area contributed by atoms with Gasteiger partial charge in [-0.3, -0.25) is 4.79 Å². The van der Waals surface area contributed by atoms with Crippen LogP contribution in [-0.4, -0.2) is 28.8 Å². The highest BCUT2D eigenvalue weighted by atomic mass is 32.2. The zero-order chi connectivity index (χ0) is 18.6. The van der Waals surface area contributed by atoms with Gasteiger partial charge in [0, 0.05) is 5.92 Å². The van der Waals surface area contributed by atoms with Crippen molar-refractivity contribution in [3.63, 3.8) is 0 Å². The van der Waals surface area contributed by atoms with Crippen molar-refractivity contribution in [1.29, 1.82) is 0 Å². The van der Waals surface area contributed by atoms with Gasteiger partial charge in [-0.2, -0.15) is 4.98 Å². The lowest BCUT2D eigenvalue weighted by Gasteiger charge is -2.11. The van der Waals surface area contributed by atoms with Crippen molar-refractivity contribution in [2.24, 2.45) is 0 Å². The number of carbonyl (C=O) groups is 1. The molecule has 8 heteroatoms. The minimum Gasteiger partial charge on any atom is -0.339 e. The molecule has 1 aliphatic heterocycles. The molecule has 1 aliphatic carbocycles. The van der Waals surface area contributed by atoms with Gasteiger partial charge < -0.3 is 4.52 Å². The third-order valence-electron chi connectivity index (χ3n) is 5.02. The number of carbonyl (C=O) groups excluding carboxylic acids is 1. The predicted octanol–water partition coefficient (Wildman–Crippen LogP) is 2.69. The van der Waals surface area contributed by atoms with Crippen LogP contribution in [0.15, 0.2) is 64.0 Å². The number of fused-ring (bicyclic) bond motifs is 1. The minimum atomic E-state index is -3.88. The van der Waals surface area contributed by atoms with E-state index >= 15 is 0 Å². The Bertz CT molecular complexity index is 1140. The molecule has 136 valence electrons. The first-order valence-corrected chi connectivity index (χ1v) is 10.0. The summed E-state index contributed by atoms with van der Waals surface area (Å²) >= 11 is 0. The summed E-state index contributed by atoms with van der Waals surface area (Å²) in [6, 6.07) is 16.2. The van der Waals surface area contributed by atoms with E-state index in [2.05, 4.69) is 22.3 Å². The van der Waals surface area contributed by atoms with Crippen LogP contribution in [0, 0.1) is 0 Å². The van der Waals surface area contributed by atoms with E-state index in [0.29, 0.717) is 11.8 Å². The number of sulfonamides is 1. The van der Waals surface area contributed by atoms with Crippen molar-refractivity contribution in [3.8, 4) is 0 Å². The summed E-state index contributed by atoms with van der Waals surface area (Å²) in [5, 5.41) is 3.89. The van der Waals surface area contributed by atoms with Crippen LogP contribution in [0.3, 0.4) is 0 Å². The van der Waals surface area contributed by atoms with Crippen molar-refractivity contribution in [3.05, 3.63) is 77.4 Å². The van der Waals surface area contributed by atoms with Gasteiger partial charge in [0.15, 0.2) is 5.82 Å². The van der Waals surface area contributed by atoms with E-state index in [0.717, 1.165) is 10.7 Å². The van der Waals surface area contributed by atoms with Gasteiger partial charge in [0.05, 0.1) is 5.56 Å². The minimum absolute atomic E-state index is 0.0186. The van der Waals surface area contributed by atoms with Crippen LogP contribution in [0.25, 0.3) is 0 Å². The number of hydrogen-bond donors (Lipinski definition) is 0. The molecule has 1 saturated carbocycles. The predicted molar refractivity (Wildman–Crippen MR) is 94.3 cm³/mol. The lowest BCUT2D eigenvalue weighted by Crippen LogP contribution is -2.29. The Morgan fingerprint density at radius 2 is 1.78 bits per heavy atom. The van der Waals surface area contributed by atoms with Crippen molar-refractivity contribution < 1.29 is 17.7 Å². The molecule has 2 aromatic carbocycles. The molecule has 1 fully saturated rings. The second-order valence-corrected chi connectivity index (χ2v) is 8.55. The van der Waals surface area contributed by atoms with Crippen LogP contribution < -0.4 is 0 Å². The molecule has 0 unspecified atom stereocenters. The zero-order valence-corrected chi connectivity index (χ0v) is 15.0. The topological polar surface area (TPSA) is 93.4 Å². The van der Waals surface area contributed by atoms with Crippen LogP contribution in [0.1, 0.15) is 45.9 Å². The molecule has 1 aromatic heterocycles. The molecule has 2 aliphatic rings. The van der Waals surface area contributed by atoms with Gasteiger partial charge in [0.1, 0.15) is 11.4 Å². The molecule has 7 nitrogen and oxygen atoms in total. The lowest BCUT2D eigenvalue weighted by atomic mass is 10.1. The summed E-state index contributed by atoms with van der Waals surface area (Å²) in [4.78, 5) is 16.8. The first kappa shape index (κ1) is 16.2. The van der Waals surface area contributed by atoms with Crippen molar-refractivity contribution in [2.45, 2.75) is 29.7 Å². The van der Waals surface area contributed by atoms with Crippen LogP contribution in [-0.2, 0) is 16.6 Å². The van der Waals surface area contributed by atoms with E-state index in [-0.39, 0.29) is 28.7 Å². The SMILES string of the molecule is O=C1c2ccccc2S(=O)(=O)N1Cc1noc([C@H]2C[C@@H]2c2ccccc2)n1. The molecule has 0 spiro atoms. The third kappa shape index (κ3) is 2.56. The number of amides is 1. The maximum Gasteiger partial charge on any atom is 0.269 e. The molecule has 0 saturated heterocycles. The highest BCUT2D eigenvalue weighted by Gasteiger charge is 2.45. The Morgan fingerprint density at radius 1 is 1.04 bits per heavy atom. The van der Waals surface area contributed by atoms with E-state index in [4.69, 9.17) is 4.52 Å². The van der Waals surface area contributed by atoms with E-state index < -0.39 is 15.9 Å². The molecular weight excluding hydrogens is 366 g/mol. The number of nitrogens with zero attached hydrogens (tertiary/aromatic N) is 3. The van der Waals surface area contributed by atoms with Crippen LogP contribution in [0.5, 0.6) is 0 Å². The summed E-state index contributed by atoms with van der Waals surface area (Å²) in [6.07, 6.45) is 0.915. The largest absolute Gasteiger partial charge is 0.339 e. The molecular formula is C19H15N3O4S. The highest BCUT2D eigenvalue weighted by Crippen LogP contribution is 2.54. The summed E-state index contributed by atoms with van der Waals surface area (Å²) in [6.45, 7) is -0.234. The second-order valence-electron chi connectivity index (χ2n) is 6.72. The first-order chi connectivity index (χ1) is 13.1. The van der Waals surface area contributed by atoms with E-state index in [1.54, 1.807) is 12.1 Å². The summed E-state index contributed by atoms with van der Waals surface area (Å²) < 4.78 is 31.4. The first-order valence-electron chi connectivity index (χ1n) is 8.59. The standard InChI is InChI=1S/C19H15N3O4S/c23-19-13-8-4-5-9-16(13)27(24,25)22(19)11-17-20-18(26-21-17)15-10-14(15)12-6-2-1-3-7-12/h1-9,14-15H,10-11H2/t14-,15+/m1/s1. The Morgan fingerprint density at radius 3 is 2.56 bits per heavy atom. The van der Waals surface area contributed by atoms with Crippen molar-refractivity contribution in [1.82, 2.24) is 14.4 Å². The molecule has 0 radical (unpaired) electrons. The lowest BCUT2D eigenvalue weighted by molar-refractivity contribution is 0.0862. The van der Waals surface area contributed by atoms with Crippen LogP contribution >= 0.6 is 0 Å². The molecule has 5 rings (SSSR count). The number of hydrogen-bond acceptors (Lipinski definition) is 6. The monoisotopic (exact) mass is 381 g/mol. The van der Waals surface area contributed by atoms with Gasteiger partial charge >= 0.3 is 0 Å². The molecule has 0 bridgehead atoms. The maximum absolute atomic E-state index is 12.6. The van der Waals surface area contributed by atoms with Crippen LogP contribution in [0.4, 0.5) is 0 Å². The highest BCUT2D eigenvalue weighted by molar-refractivity contribution is 7.90. The summed E-state index contributed by atoms with van der Waals surface area (Å²) in [5.74, 6) is 0.581. The zero-order valence-electron chi connectivity index (χ0n) is 14.1. The average molecular weight is 381 g/mol. The molecule has 2 heterocycles. The summed E-state index contributed by atoms with van der Waals surface area (Å²) in [7, 11) is -3.88. The Kier molecular flexibility index (Phi) is 3.45. The van der Waals surface area contributed by atoms with Crippen molar-refractivity contribution in [2.75, 3.05) is 0 Å². The average Bonchev–Trinajstić information content (AvgIpc) is 3.31. The summed E-state index contributed by atoms with van der Waals surface area (Å²) in [5.41, 5.74) is 1.39. The van der Waals surface area contributed by atoms with Gasteiger partial charge in [-0.1, -0.05) is 47.6 Å². The number of aromatic nitrogens is 2. The molecule has 27 heavy (non-hydrogen) atoms. The van der Waals surface area contributed by atoms with E-state index in [1.165, 1.54) is 17.7 Å². The van der Waals surface area contributed by atoms with Gasteiger partial charge in [-0.25, -0.2) is 12.7 Å². The van der Waals surface area contributed by atoms with Crippen LogP contribution in [0.2, 0.25) is 0 Å². The fraction of sp³-hybridized carbons (Fsp3) is 0.211. The Labute approximate surface area is 155 Å². The normalized spacial score (nSPS) is 22.7. The molecule has 3 aromatic rings. The quantitative estimate of drug-likeness (QED) is 0.690. The van der Waals surface area contributed by atoms with Gasteiger partial charge in [0.25, 0.3) is 15.9 Å².